The Kier molecular flexibility index (Phi) is 8.20. The van der Waals surface area contributed by atoms with Gasteiger partial charge in [-0.3, -0.25) is 9.59 Å². The van der Waals surface area contributed by atoms with Gasteiger partial charge in [0.25, 0.3) is 0 Å². The summed E-state index contributed by atoms with van der Waals surface area (Å²) < 4.78 is 42.2. The van der Waals surface area contributed by atoms with Crippen molar-refractivity contribution in [3.8, 4) is 0 Å². The molecule has 2 aromatic rings. The van der Waals surface area contributed by atoms with Gasteiger partial charge in [0.1, 0.15) is 16.8 Å². The van der Waals surface area contributed by atoms with Gasteiger partial charge in [-0.2, -0.15) is 4.72 Å². The quantitative estimate of drug-likeness (QED) is 0.613. The van der Waals surface area contributed by atoms with Crippen LogP contribution in [-0.2, 0) is 26.0 Å². The minimum atomic E-state index is -4.26. The van der Waals surface area contributed by atoms with E-state index in [1.807, 2.05) is 19.9 Å². The molecule has 3 rings (SSSR count). The standard InChI is InChI=1S/C24H30FN3O4S/c1-17(2)24(30)28-14-12-19(13-15-28)26-23(29)21(16-18-8-4-3-5-9-18)27-33(31,32)22-11-7-6-10-20(22)25/h3-11,17,19,21,27H,12-16H2,1-2H3,(H,26,29)/t21-/m0/s1. The first-order chi connectivity index (χ1) is 15.7. The number of hydrogen-bond donors (Lipinski definition) is 2. The molecular formula is C24H30FN3O4S. The number of benzene rings is 2. The predicted octanol–water partition coefficient (Wildman–Crippen LogP) is 2.48. The van der Waals surface area contributed by atoms with Crippen LogP contribution in [0.25, 0.3) is 0 Å². The number of piperidine rings is 1. The van der Waals surface area contributed by atoms with Crippen molar-refractivity contribution in [1.29, 1.82) is 0 Å². The molecular weight excluding hydrogens is 445 g/mol. The highest BCUT2D eigenvalue weighted by Crippen LogP contribution is 2.17. The normalized spacial score (nSPS) is 15.9. The summed E-state index contributed by atoms with van der Waals surface area (Å²) in [4.78, 5) is 26.6. The summed E-state index contributed by atoms with van der Waals surface area (Å²) in [5, 5.41) is 2.92. The fourth-order valence-electron chi connectivity index (χ4n) is 3.86. The number of rotatable bonds is 8. The highest BCUT2D eigenvalue weighted by Gasteiger charge is 2.31. The lowest BCUT2D eigenvalue weighted by Gasteiger charge is -2.34. The largest absolute Gasteiger partial charge is 0.352 e. The summed E-state index contributed by atoms with van der Waals surface area (Å²) in [6, 6.07) is 12.8. The lowest BCUT2D eigenvalue weighted by Crippen LogP contribution is -2.53. The molecule has 2 N–H and O–H groups in total. The van der Waals surface area contributed by atoms with Gasteiger partial charge in [0.05, 0.1) is 0 Å². The molecule has 1 aliphatic rings. The zero-order chi connectivity index (χ0) is 24.0. The number of carbonyl (C=O) groups excluding carboxylic acids is 2. The number of likely N-dealkylation sites (tertiary alicyclic amines) is 1. The molecule has 2 amide bonds. The van der Waals surface area contributed by atoms with Gasteiger partial charge < -0.3 is 10.2 Å². The third-order valence-electron chi connectivity index (χ3n) is 5.67. The fraction of sp³-hybridized carbons (Fsp3) is 0.417. The van der Waals surface area contributed by atoms with Crippen LogP contribution < -0.4 is 10.0 Å². The minimum absolute atomic E-state index is 0.0828. The minimum Gasteiger partial charge on any atom is -0.352 e. The molecule has 0 bridgehead atoms. The van der Waals surface area contributed by atoms with Crippen molar-refractivity contribution in [1.82, 2.24) is 14.9 Å². The molecule has 2 aromatic carbocycles. The molecule has 1 atom stereocenters. The fourth-order valence-corrected chi connectivity index (χ4v) is 5.14. The Bertz CT molecular complexity index is 1070. The smallest absolute Gasteiger partial charge is 0.244 e. The predicted molar refractivity (Wildman–Crippen MR) is 123 cm³/mol. The molecule has 0 aliphatic carbocycles. The lowest BCUT2D eigenvalue weighted by atomic mass is 10.0. The van der Waals surface area contributed by atoms with E-state index in [1.54, 1.807) is 29.2 Å². The highest BCUT2D eigenvalue weighted by atomic mass is 32.2. The van der Waals surface area contributed by atoms with Crippen LogP contribution in [0.2, 0.25) is 0 Å². The number of amides is 2. The Morgan fingerprint density at radius 1 is 1.03 bits per heavy atom. The molecule has 1 aliphatic heterocycles. The van der Waals surface area contributed by atoms with Crippen molar-refractivity contribution in [2.45, 2.75) is 50.1 Å². The Labute approximate surface area is 194 Å². The van der Waals surface area contributed by atoms with Crippen molar-refractivity contribution in [3.63, 3.8) is 0 Å². The first-order valence-corrected chi connectivity index (χ1v) is 12.6. The molecule has 33 heavy (non-hydrogen) atoms. The maximum atomic E-state index is 14.1. The number of hydrogen-bond acceptors (Lipinski definition) is 4. The van der Waals surface area contributed by atoms with E-state index in [9.17, 15) is 22.4 Å². The van der Waals surface area contributed by atoms with Crippen LogP contribution in [0, 0.1) is 11.7 Å². The van der Waals surface area contributed by atoms with Crippen molar-refractivity contribution in [2.75, 3.05) is 13.1 Å². The average molecular weight is 476 g/mol. The molecule has 0 aromatic heterocycles. The number of halogens is 1. The van der Waals surface area contributed by atoms with Gasteiger partial charge in [-0.1, -0.05) is 56.3 Å². The van der Waals surface area contributed by atoms with E-state index in [4.69, 9.17) is 0 Å². The molecule has 0 saturated carbocycles. The zero-order valence-corrected chi connectivity index (χ0v) is 19.6. The molecule has 0 radical (unpaired) electrons. The van der Waals surface area contributed by atoms with Crippen molar-refractivity contribution < 1.29 is 22.4 Å². The summed E-state index contributed by atoms with van der Waals surface area (Å²) in [5.41, 5.74) is 0.770. The maximum absolute atomic E-state index is 14.1. The molecule has 0 unspecified atom stereocenters. The summed E-state index contributed by atoms with van der Waals surface area (Å²) >= 11 is 0. The number of sulfonamides is 1. The van der Waals surface area contributed by atoms with E-state index in [0.29, 0.717) is 25.9 Å². The Balaban J connectivity index is 1.72. The molecule has 1 saturated heterocycles. The second-order valence-electron chi connectivity index (χ2n) is 8.56. The summed E-state index contributed by atoms with van der Waals surface area (Å²) in [5.74, 6) is -1.36. The third-order valence-corrected chi connectivity index (χ3v) is 7.17. The van der Waals surface area contributed by atoms with Crippen molar-refractivity contribution >= 4 is 21.8 Å². The summed E-state index contributed by atoms with van der Waals surface area (Å²) in [7, 11) is -4.26. The molecule has 0 spiro atoms. The van der Waals surface area contributed by atoms with Gasteiger partial charge >= 0.3 is 0 Å². The van der Waals surface area contributed by atoms with Gasteiger partial charge in [0.15, 0.2) is 0 Å². The molecule has 1 heterocycles. The first kappa shape index (κ1) is 24.9. The second kappa shape index (κ2) is 10.9. The van der Waals surface area contributed by atoms with Crippen LogP contribution >= 0.6 is 0 Å². The average Bonchev–Trinajstić information content (AvgIpc) is 2.79. The molecule has 7 nitrogen and oxygen atoms in total. The first-order valence-electron chi connectivity index (χ1n) is 11.1. The lowest BCUT2D eigenvalue weighted by molar-refractivity contribution is -0.135. The van der Waals surface area contributed by atoms with Crippen molar-refractivity contribution in [3.05, 3.63) is 66.0 Å². The van der Waals surface area contributed by atoms with Crippen LogP contribution in [-0.4, -0.2) is 50.3 Å². The summed E-state index contributed by atoms with van der Waals surface area (Å²) in [6.45, 7) is 4.77. The van der Waals surface area contributed by atoms with E-state index in [1.165, 1.54) is 12.1 Å². The van der Waals surface area contributed by atoms with Crippen LogP contribution in [0.3, 0.4) is 0 Å². The summed E-state index contributed by atoms with van der Waals surface area (Å²) in [6.07, 6.45) is 1.29. The van der Waals surface area contributed by atoms with E-state index in [0.717, 1.165) is 17.7 Å². The van der Waals surface area contributed by atoms with E-state index in [-0.39, 0.29) is 24.3 Å². The SMILES string of the molecule is CC(C)C(=O)N1CCC(NC(=O)[C@H](Cc2ccccc2)NS(=O)(=O)c2ccccc2F)CC1. The zero-order valence-electron chi connectivity index (χ0n) is 18.8. The van der Waals surface area contributed by atoms with Gasteiger partial charge in [-0.05, 0) is 37.0 Å². The Hall–Kier alpha value is -2.78. The topological polar surface area (TPSA) is 95.6 Å². The van der Waals surface area contributed by atoms with E-state index >= 15 is 0 Å². The van der Waals surface area contributed by atoms with E-state index in [2.05, 4.69) is 10.0 Å². The van der Waals surface area contributed by atoms with Crippen LogP contribution in [0.15, 0.2) is 59.5 Å². The van der Waals surface area contributed by atoms with Crippen LogP contribution in [0.5, 0.6) is 0 Å². The van der Waals surface area contributed by atoms with Gasteiger partial charge in [0.2, 0.25) is 21.8 Å². The van der Waals surface area contributed by atoms with Gasteiger partial charge in [-0.25, -0.2) is 12.8 Å². The third kappa shape index (κ3) is 6.61. The monoisotopic (exact) mass is 475 g/mol. The molecule has 9 heteroatoms. The Morgan fingerprint density at radius 3 is 2.24 bits per heavy atom. The number of carbonyl (C=O) groups is 2. The molecule has 1 fully saturated rings. The van der Waals surface area contributed by atoms with Gasteiger partial charge in [-0.15, -0.1) is 0 Å². The second-order valence-corrected chi connectivity index (χ2v) is 10.2. The van der Waals surface area contributed by atoms with Crippen LogP contribution in [0.4, 0.5) is 4.39 Å². The van der Waals surface area contributed by atoms with Crippen molar-refractivity contribution in [2.24, 2.45) is 5.92 Å². The maximum Gasteiger partial charge on any atom is 0.244 e. The van der Waals surface area contributed by atoms with E-state index < -0.39 is 32.7 Å². The highest BCUT2D eigenvalue weighted by molar-refractivity contribution is 7.89. The number of nitrogens with one attached hydrogen (secondary N) is 2. The van der Waals surface area contributed by atoms with Crippen LogP contribution in [0.1, 0.15) is 32.3 Å². The molecule has 178 valence electrons. The number of nitrogens with zero attached hydrogens (tertiary/aromatic N) is 1. The Morgan fingerprint density at radius 2 is 1.64 bits per heavy atom. The van der Waals surface area contributed by atoms with Gasteiger partial charge in [0, 0.05) is 25.0 Å².